The van der Waals surface area contributed by atoms with Crippen molar-refractivity contribution in [2.24, 2.45) is 0 Å². The number of carboxylic acids is 1. The number of hydrogen-bond donors (Lipinski definition) is 2. The Morgan fingerprint density at radius 1 is 1.60 bits per heavy atom. The predicted molar refractivity (Wildman–Crippen MR) is 57.2 cm³/mol. The van der Waals surface area contributed by atoms with E-state index < -0.39 is 5.97 Å². The maximum absolute atomic E-state index is 11.3. The summed E-state index contributed by atoms with van der Waals surface area (Å²) in [5, 5.41) is 12.9. The van der Waals surface area contributed by atoms with Gasteiger partial charge in [-0.2, -0.15) is 0 Å². The topological polar surface area (TPSA) is 79.3 Å². The lowest BCUT2D eigenvalue weighted by molar-refractivity contribution is -0.116. The normalized spacial score (nSPS) is 9.93. The Hall–Kier alpha value is -1.43. The summed E-state index contributed by atoms with van der Waals surface area (Å²) in [4.78, 5) is 25.5. The lowest BCUT2D eigenvalue weighted by Crippen LogP contribution is -2.11. The monoisotopic (exact) mass is 228 g/mol. The number of carboxylic acid groups (broad SMARTS) is 1. The Kier molecular flexibility index (Phi) is 4.23. The van der Waals surface area contributed by atoms with E-state index in [9.17, 15) is 9.59 Å². The van der Waals surface area contributed by atoms with Gasteiger partial charge in [0.1, 0.15) is 0 Å². The van der Waals surface area contributed by atoms with Crippen molar-refractivity contribution in [1.29, 1.82) is 0 Å². The second kappa shape index (κ2) is 5.45. The molecule has 0 aliphatic rings. The highest BCUT2D eigenvalue weighted by molar-refractivity contribution is 7.14. The number of anilines is 1. The summed E-state index contributed by atoms with van der Waals surface area (Å²) in [7, 11) is 0. The van der Waals surface area contributed by atoms with Crippen LogP contribution in [0.4, 0.5) is 5.13 Å². The van der Waals surface area contributed by atoms with Gasteiger partial charge in [0.15, 0.2) is 10.8 Å². The van der Waals surface area contributed by atoms with Crippen molar-refractivity contribution in [3.8, 4) is 0 Å². The highest BCUT2D eigenvalue weighted by atomic mass is 32.1. The van der Waals surface area contributed by atoms with Gasteiger partial charge in [-0.25, -0.2) is 9.78 Å². The highest BCUT2D eigenvalue weighted by Gasteiger charge is 2.10. The smallest absolute Gasteiger partial charge is 0.355 e. The average molecular weight is 228 g/mol. The molecule has 1 aromatic rings. The summed E-state index contributed by atoms with van der Waals surface area (Å²) >= 11 is 1.12. The van der Waals surface area contributed by atoms with E-state index in [0.29, 0.717) is 11.6 Å². The van der Waals surface area contributed by atoms with Crippen LogP contribution in [0, 0.1) is 0 Å². The molecular weight excluding hydrogens is 216 g/mol. The van der Waals surface area contributed by atoms with Crippen LogP contribution in [0.5, 0.6) is 0 Å². The molecule has 0 fully saturated rings. The van der Waals surface area contributed by atoms with Crippen LogP contribution in [-0.4, -0.2) is 22.0 Å². The molecule has 2 N–H and O–H groups in total. The Balaban J connectivity index is 2.50. The van der Waals surface area contributed by atoms with Gasteiger partial charge in [-0.05, 0) is 6.42 Å². The fourth-order valence-electron chi connectivity index (χ4n) is 0.948. The predicted octanol–water partition coefficient (Wildman–Crippen LogP) is 1.97. The second-order valence-corrected chi connectivity index (χ2v) is 3.85. The number of hydrogen-bond acceptors (Lipinski definition) is 4. The molecule has 0 bridgehead atoms. The third-order valence-electron chi connectivity index (χ3n) is 1.73. The number of thiazole rings is 1. The molecule has 0 spiro atoms. The summed E-state index contributed by atoms with van der Waals surface area (Å²) in [6, 6.07) is 0. The number of nitrogens with one attached hydrogen (secondary N) is 1. The van der Waals surface area contributed by atoms with Gasteiger partial charge in [-0.15, -0.1) is 11.3 Å². The molecule has 0 saturated carbocycles. The van der Waals surface area contributed by atoms with Crippen molar-refractivity contribution >= 4 is 28.3 Å². The van der Waals surface area contributed by atoms with Crippen LogP contribution in [0.2, 0.25) is 0 Å². The summed E-state index contributed by atoms with van der Waals surface area (Å²) in [5.74, 6) is -1.21. The Morgan fingerprint density at radius 3 is 2.87 bits per heavy atom. The van der Waals surface area contributed by atoms with E-state index in [1.807, 2.05) is 6.92 Å². The standard InChI is InChI=1S/C9H12N2O3S/c1-2-3-4-7(12)11-9-10-6(5-15-9)8(13)14/h5H,2-4H2,1H3,(H,13,14)(H,10,11,12). The summed E-state index contributed by atoms with van der Waals surface area (Å²) in [6.07, 6.45) is 2.22. The number of unbranched alkanes of at least 4 members (excludes halogenated alkanes) is 1. The van der Waals surface area contributed by atoms with E-state index in [4.69, 9.17) is 5.11 Å². The van der Waals surface area contributed by atoms with Gasteiger partial charge in [0.25, 0.3) is 0 Å². The van der Waals surface area contributed by atoms with Gasteiger partial charge in [0.2, 0.25) is 5.91 Å². The molecule has 0 atom stereocenters. The number of aromatic carboxylic acids is 1. The fourth-order valence-corrected chi connectivity index (χ4v) is 1.65. The van der Waals surface area contributed by atoms with Gasteiger partial charge in [-0.1, -0.05) is 13.3 Å². The minimum Gasteiger partial charge on any atom is -0.476 e. The van der Waals surface area contributed by atoms with Crippen LogP contribution in [0.25, 0.3) is 0 Å². The highest BCUT2D eigenvalue weighted by Crippen LogP contribution is 2.15. The van der Waals surface area contributed by atoms with Crippen molar-refractivity contribution < 1.29 is 14.7 Å². The molecular formula is C9H12N2O3S. The van der Waals surface area contributed by atoms with Gasteiger partial charge in [-0.3, -0.25) is 4.79 Å². The van der Waals surface area contributed by atoms with Crippen LogP contribution >= 0.6 is 11.3 Å². The minimum atomic E-state index is -1.08. The third-order valence-corrected chi connectivity index (χ3v) is 2.48. The molecule has 0 saturated heterocycles. The van der Waals surface area contributed by atoms with E-state index in [1.165, 1.54) is 5.38 Å². The van der Waals surface area contributed by atoms with Crippen molar-refractivity contribution in [1.82, 2.24) is 4.98 Å². The Morgan fingerprint density at radius 2 is 2.33 bits per heavy atom. The molecule has 0 aliphatic heterocycles. The van der Waals surface area contributed by atoms with Crippen LogP contribution < -0.4 is 5.32 Å². The molecule has 1 aromatic heterocycles. The SMILES string of the molecule is CCCCC(=O)Nc1nc(C(=O)O)cs1. The molecule has 82 valence electrons. The molecule has 1 heterocycles. The number of nitrogens with zero attached hydrogens (tertiary/aromatic N) is 1. The lowest BCUT2D eigenvalue weighted by atomic mass is 10.2. The van der Waals surface area contributed by atoms with Gasteiger partial charge < -0.3 is 10.4 Å². The maximum Gasteiger partial charge on any atom is 0.355 e. The average Bonchev–Trinajstić information content (AvgIpc) is 2.63. The number of aromatic nitrogens is 1. The van der Waals surface area contributed by atoms with Crippen LogP contribution in [0.3, 0.4) is 0 Å². The zero-order valence-electron chi connectivity index (χ0n) is 8.32. The zero-order chi connectivity index (χ0) is 11.3. The molecule has 1 amide bonds. The number of amides is 1. The first-order chi connectivity index (χ1) is 7.13. The minimum absolute atomic E-state index is 0.0363. The molecule has 0 radical (unpaired) electrons. The maximum atomic E-state index is 11.3. The Bertz CT molecular complexity index is 362. The first kappa shape index (κ1) is 11.6. The molecule has 1 rings (SSSR count). The van der Waals surface area contributed by atoms with E-state index in [0.717, 1.165) is 24.2 Å². The lowest BCUT2D eigenvalue weighted by Gasteiger charge is -1.99. The number of rotatable bonds is 5. The van der Waals surface area contributed by atoms with E-state index in [1.54, 1.807) is 0 Å². The van der Waals surface area contributed by atoms with Crippen molar-refractivity contribution in [3.05, 3.63) is 11.1 Å². The van der Waals surface area contributed by atoms with Crippen LogP contribution in [0.1, 0.15) is 36.7 Å². The quantitative estimate of drug-likeness (QED) is 0.807. The van der Waals surface area contributed by atoms with E-state index in [-0.39, 0.29) is 11.6 Å². The molecule has 0 aromatic carbocycles. The largest absolute Gasteiger partial charge is 0.476 e. The third kappa shape index (κ3) is 3.67. The van der Waals surface area contributed by atoms with Gasteiger partial charge in [0.05, 0.1) is 0 Å². The molecule has 15 heavy (non-hydrogen) atoms. The molecule has 5 nitrogen and oxygen atoms in total. The van der Waals surface area contributed by atoms with Crippen LogP contribution in [-0.2, 0) is 4.79 Å². The number of carbonyl (C=O) groups is 2. The second-order valence-electron chi connectivity index (χ2n) is 2.99. The Labute approximate surface area is 91.1 Å². The van der Waals surface area contributed by atoms with Crippen molar-refractivity contribution in [2.45, 2.75) is 26.2 Å². The molecule has 6 heteroatoms. The summed E-state index contributed by atoms with van der Waals surface area (Å²) < 4.78 is 0. The fraction of sp³-hybridized carbons (Fsp3) is 0.444. The van der Waals surface area contributed by atoms with Crippen LogP contribution in [0.15, 0.2) is 5.38 Å². The van der Waals surface area contributed by atoms with Gasteiger partial charge in [0, 0.05) is 11.8 Å². The first-order valence-corrected chi connectivity index (χ1v) is 5.50. The first-order valence-electron chi connectivity index (χ1n) is 4.62. The van der Waals surface area contributed by atoms with Crippen molar-refractivity contribution in [3.63, 3.8) is 0 Å². The zero-order valence-corrected chi connectivity index (χ0v) is 9.13. The van der Waals surface area contributed by atoms with E-state index in [2.05, 4.69) is 10.3 Å². The van der Waals surface area contributed by atoms with Crippen molar-refractivity contribution in [2.75, 3.05) is 5.32 Å². The molecule has 0 aliphatic carbocycles. The summed E-state index contributed by atoms with van der Waals surface area (Å²) in [5.41, 5.74) is -0.0363. The molecule has 0 unspecified atom stereocenters. The van der Waals surface area contributed by atoms with E-state index >= 15 is 0 Å². The van der Waals surface area contributed by atoms with Gasteiger partial charge >= 0.3 is 5.97 Å². The number of carbonyl (C=O) groups excluding carboxylic acids is 1. The summed E-state index contributed by atoms with van der Waals surface area (Å²) in [6.45, 7) is 2.00.